The Morgan fingerprint density at radius 1 is 1.42 bits per heavy atom. The molecule has 1 heterocycles. The number of halogens is 2. The van der Waals surface area contributed by atoms with Crippen LogP contribution in [0.25, 0.3) is 0 Å². The van der Waals surface area contributed by atoms with E-state index in [1.165, 1.54) is 18.0 Å². The number of hydrogen-bond acceptors (Lipinski definition) is 6. The molecule has 1 aromatic heterocycles. The molecule has 0 aliphatic carbocycles. The van der Waals surface area contributed by atoms with Crippen LogP contribution in [-0.4, -0.2) is 28.2 Å². The summed E-state index contributed by atoms with van der Waals surface area (Å²) in [5.41, 5.74) is 0.352. The van der Waals surface area contributed by atoms with Crippen LogP contribution in [0.15, 0.2) is 29.6 Å². The number of carbonyl (C=O) groups is 1. The van der Waals surface area contributed by atoms with Gasteiger partial charge in [0.2, 0.25) is 5.88 Å². The third-order valence-corrected chi connectivity index (χ3v) is 4.02. The van der Waals surface area contributed by atoms with Gasteiger partial charge in [0.05, 0.1) is 15.7 Å². The second-order valence-corrected chi connectivity index (χ2v) is 6.10. The first-order chi connectivity index (χ1) is 11.5. The Kier molecular flexibility index (Phi) is 6.26. The van der Waals surface area contributed by atoms with Crippen LogP contribution >= 0.6 is 35.0 Å². The number of nitriles is 1. The Morgan fingerprint density at radius 3 is 2.67 bits per heavy atom. The van der Waals surface area contributed by atoms with Gasteiger partial charge < -0.3 is 10.1 Å². The summed E-state index contributed by atoms with van der Waals surface area (Å²) in [5.74, 6) is -0.526. The Hall–Kier alpha value is -2.01. The first kappa shape index (κ1) is 18.3. The highest BCUT2D eigenvalue weighted by Gasteiger charge is 2.20. The number of aromatic nitrogens is 2. The third kappa shape index (κ3) is 4.29. The number of hydrogen-bond donors (Lipinski definition) is 1. The fourth-order valence-electron chi connectivity index (χ4n) is 1.69. The van der Waals surface area contributed by atoms with E-state index in [9.17, 15) is 4.79 Å². The number of amides is 1. The summed E-state index contributed by atoms with van der Waals surface area (Å²) in [7, 11) is 0. The van der Waals surface area contributed by atoms with Crippen LogP contribution in [0.4, 0.5) is 5.69 Å². The minimum absolute atomic E-state index is 0.0177. The number of rotatable bonds is 5. The zero-order valence-corrected chi connectivity index (χ0v) is 15.0. The first-order valence-electron chi connectivity index (χ1n) is 6.69. The van der Waals surface area contributed by atoms with Crippen molar-refractivity contribution < 1.29 is 9.53 Å². The minimum Gasteiger partial charge on any atom is -0.459 e. The average Bonchev–Trinajstić information content (AvgIpc) is 2.57. The lowest BCUT2D eigenvalue weighted by molar-refractivity contribution is 0.102. The number of anilines is 1. The SMILES string of the molecule is CSc1ncc(C(=O)Nc2c(Cl)cccc2Cl)c(OC(C)C#N)n1. The smallest absolute Gasteiger partial charge is 0.262 e. The Labute approximate surface area is 153 Å². The molecule has 0 aliphatic heterocycles. The van der Waals surface area contributed by atoms with Gasteiger partial charge in [-0.2, -0.15) is 10.2 Å². The van der Waals surface area contributed by atoms with Crippen molar-refractivity contribution >= 4 is 46.6 Å². The molecule has 9 heteroatoms. The molecular formula is C15H12Cl2N4O2S. The highest BCUT2D eigenvalue weighted by Crippen LogP contribution is 2.31. The molecule has 0 bridgehead atoms. The van der Waals surface area contributed by atoms with Crippen molar-refractivity contribution in [2.45, 2.75) is 18.2 Å². The van der Waals surface area contributed by atoms with Gasteiger partial charge in [0, 0.05) is 6.20 Å². The van der Waals surface area contributed by atoms with Gasteiger partial charge in [-0.3, -0.25) is 4.79 Å². The van der Waals surface area contributed by atoms with Gasteiger partial charge in [0.25, 0.3) is 5.91 Å². The van der Waals surface area contributed by atoms with Crippen molar-refractivity contribution in [3.8, 4) is 11.9 Å². The van der Waals surface area contributed by atoms with Crippen LogP contribution in [0.3, 0.4) is 0 Å². The zero-order chi connectivity index (χ0) is 17.7. The van der Waals surface area contributed by atoms with E-state index >= 15 is 0 Å². The lowest BCUT2D eigenvalue weighted by atomic mass is 10.2. The zero-order valence-electron chi connectivity index (χ0n) is 12.7. The van der Waals surface area contributed by atoms with E-state index in [1.54, 1.807) is 31.4 Å². The van der Waals surface area contributed by atoms with Crippen molar-refractivity contribution in [2.75, 3.05) is 11.6 Å². The number of benzene rings is 1. The van der Waals surface area contributed by atoms with Crippen molar-refractivity contribution in [1.29, 1.82) is 5.26 Å². The van der Waals surface area contributed by atoms with Crippen LogP contribution in [0, 0.1) is 11.3 Å². The summed E-state index contributed by atoms with van der Waals surface area (Å²) in [4.78, 5) is 20.7. The molecule has 1 atom stereocenters. The molecule has 0 saturated heterocycles. The Bertz CT molecular complexity index is 790. The number of ether oxygens (including phenoxy) is 1. The van der Waals surface area contributed by atoms with Crippen molar-refractivity contribution in [1.82, 2.24) is 9.97 Å². The topological polar surface area (TPSA) is 87.9 Å². The molecule has 0 saturated carbocycles. The normalized spacial score (nSPS) is 11.5. The summed E-state index contributed by atoms with van der Waals surface area (Å²) >= 11 is 13.4. The van der Waals surface area contributed by atoms with E-state index in [2.05, 4.69) is 15.3 Å². The summed E-state index contributed by atoms with van der Waals surface area (Å²) in [6.07, 6.45) is 2.35. The molecule has 1 N–H and O–H groups in total. The van der Waals surface area contributed by atoms with E-state index in [0.29, 0.717) is 15.2 Å². The largest absolute Gasteiger partial charge is 0.459 e. The Morgan fingerprint density at radius 2 is 2.08 bits per heavy atom. The van der Waals surface area contributed by atoms with E-state index in [1.807, 2.05) is 6.07 Å². The minimum atomic E-state index is -0.773. The number of thioether (sulfide) groups is 1. The highest BCUT2D eigenvalue weighted by molar-refractivity contribution is 7.98. The maximum Gasteiger partial charge on any atom is 0.262 e. The summed E-state index contributed by atoms with van der Waals surface area (Å²) in [5, 5.41) is 12.5. The van der Waals surface area contributed by atoms with E-state index < -0.39 is 12.0 Å². The van der Waals surface area contributed by atoms with E-state index in [-0.39, 0.29) is 17.1 Å². The second kappa shape index (κ2) is 8.20. The number of carbonyl (C=O) groups excluding carboxylic acids is 1. The molecule has 0 radical (unpaired) electrons. The molecule has 1 unspecified atom stereocenters. The van der Waals surface area contributed by atoms with Crippen molar-refractivity contribution in [3.63, 3.8) is 0 Å². The summed E-state index contributed by atoms with van der Waals surface area (Å²) in [6.45, 7) is 1.55. The van der Waals surface area contributed by atoms with Crippen molar-refractivity contribution in [3.05, 3.63) is 40.0 Å². The molecule has 1 amide bonds. The predicted molar refractivity (Wildman–Crippen MR) is 93.9 cm³/mol. The maximum atomic E-state index is 12.5. The second-order valence-electron chi connectivity index (χ2n) is 4.52. The quantitative estimate of drug-likeness (QED) is 0.619. The third-order valence-electron chi connectivity index (χ3n) is 2.83. The van der Waals surface area contributed by atoms with Crippen LogP contribution in [0.2, 0.25) is 10.0 Å². The van der Waals surface area contributed by atoms with Gasteiger partial charge in [0.15, 0.2) is 11.3 Å². The molecule has 2 aromatic rings. The van der Waals surface area contributed by atoms with Crippen LogP contribution in [0.1, 0.15) is 17.3 Å². The monoisotopic (exact) mass is 382 g/mol. The average molecular weight is 383 g/mol. The van der Waals surface area contributed by atoms with Gasteiger partial charge in [0.1, 0.15) is 11.6 Å². The van der Waals surface area contributed by atoms with E-state index in [4.69, 9.17) is 33.2 Å². The molecule has 1 aromatic carbocycles. The summed E-state index contributed by atoms with van der Waals surface area (Å²) < 4.78 is 5.40. The van der Waals surface area contributed by atoms with Crippen LogP contribution in [0.5, 0.6) is 5.88 Å². The van der Waals surface area contributed by atoms with Gasteiger partial charge in [-0.1, -0.05) is 41.0 Å². The van der Waals surface area contributed by atoms with Crippen molar-refractivity contribution in [2.24, 2.45) is 0 Å². The van der Waals surface area contributed by atoms with Crippen LogP contribution in [-0.2, 0) is 0 Å². The molecular weight excluding hydrogens is 371 g/mol. The summed E-state index contributed by atoms with van der Waals surface area (Å²) in [6, 6.07) is 6.79. The van der Waals surface area contributed by atoms with Gasteiger partial charge in [-0.05, 0) is 25.3 Å². The van der Waals surface area contributed by atoms with Gasteiger partial charge in [-0.25, -0.2) is 4.98 Å². The number of nitrogens with zero attached hydrogens (tertiary/aromatic N) is 3. The fourth-order valence-corrected chi connectivity index (χ4v) is 2.51. The van der Waals surface area contributed by atoms with Gasteiger partial charge in [-0.15, -0.1) is 0 Å². The molecule has 6 nitrogen and oxygen atoms in total. The molecule has 0 fully saturated rings. The standard InChI is InChI=1S/C15H12Cl2N4O2S/c1-8(6-18)23-14-9(7-19-15(21-14)24-2)13(22)20-12-10(16)4-3-5-11(12)17/h3-5,7-8H,1-2H3,(H,20,22). The molecule has 2 rings (SSSR count). The molecule has 0 aliphatic rings. The predicted octanol–water partition coefficient (Wildman–Crippen LogP) is 4.05. The highest BCUT2D eigenvalue weighted by atomic mass is 35.5. The lowest BCUT2D eigenvalue weighted by Gasteiger charge is -2.13. The fraction of sp³-hybridized carbons (Fsp3) is 0.200. The van der Waals surface area contributed by atoms with Gasteiger partial charge >= 0.3 is 0 Å². The first-order valence-corrected chi connectivity index (χ1v) is 8.67. The number of para-hydroxylation sites is 1. The lowest BCUT2D eigenvalue weighted by Crippen LogP contribution is -2.18. The Balaban J connectivity index is 2.36. The molecule has 124 valence electrons. The molecule has 24 heavy (non-hydrogen) atoms. The molecule has 0 spiro atoms. The maximum absolute atomic E-state index is 12.5. The van der Waals surface area contributed by atoms with E-state index in [0.717, 1.165) is 0 Å². The number of nitrogens with one attached hydrogen (secondary N) is 1. The van der Waals surface area contributed by atoms with Crippen LogP contribution < -0.4 is 10.1 Å².